The maximum Gasteiger partial charge on any atom is 0.273 e. The molecular weight excluding hydrogens is 328 g/mol. The molecule has 3 rings (SSSR count). The monoisotopic (exact) mass is 334 g/mol. The van der Waals surface area contributed by atoms with Crippen molar-refractivity contribution in [3.8, 4) is 11.3 Å². The lowest BCUT2D eigenvalue weighted by atomic mass is 10.1. The van der Waals surface area contributed by atoms with E-state index in [4.69, 9.17) is 11.6 Å². The van der Waals surface area contributed by atoms with Crippen molar-refractivity contribution in [1.29, 1.82) is 0 Å². The number of halogens is 2. The van der Waals surface area contributed by atoms with Crippen molar-refractivity contribution in [1.82, 2.24) is 10.2 Å². The highest BCUT2D eigenvalue weighted by Crippen LogP contribution is 2.32. The van der Waals surface area contributed by atoms with E-state index < -0.39 is 0 Å². The maximum absolute atomic E-state index is 11.9. The molecule has 0 fully saturated rings. The average Bonchev–Trinajstić information content (AvgIpc) is 2.40. The van der Waals surface area contributed by atoms with Crippen molar-refractivity contribution in [2.45, 2.75) is 0 Å². The smallest absolute Gasteiger partial charge is 0.267 e. The highest BCUT2D eigenvalue weighted by molar-refractivity contribution is 9.10. The van der Waals surface area contributed by atoms with Crippen LogP contribution in [0.15, 0.2) is 51.7 Å². The molecule has 3 aromatic rings. The van der Waals surface area contributed by atoms with Crippen LogP contribution >= 0.6 is 27.5 Å². The summed E-state index contributed by atoms with van der Waals surface area (Å²) in [4.78, 5) is 11.9. The van der Waals surface area contributed by atoms with Gasteiger partial charge in [0.1, 0.15) is 5.69 Å². The van der Waals surface area contributed by atoms with E-state index in [0.29, 0.717) is 16.1 Å². The third kappa shape index (κ3) is 2.07. The van der Waals surface area contributed by atoms with Crippen LogP contribution in [0.3, 0.4) is 0 Å². The van der Waals surface area contributed by atoms with Crippen molar-refractivity contribution >= 4 is 38.3 Å². The number of hydrogen-bond donors (Lipinski definition) is 1. The summed E-state index contributed by atoms with van der Waals surface area (Å²) in [5.41, 5.74) is 1.24. The van der Waals surface area contributed by atoms with Crippen LogP contribution in [0.25, 0.3) is 22.0 Å². The summed E-state index contributed by atoms with van der Waals surface area (Å²) in [6.07, 6.45) is 0. The predicted molar refractivity (Wildman–Crippen MR) is 80.5 cm³/mol. The Bertz CT molecular complexity index is 829. The van der Waals surface area contributed by atoms with Gasteiger partial charge in [0.25, 0.3) is 5.56 Å². The molecule has 0 saturated heterocycles. The van der Waals surface area contributed by atoms with E-state index in [1.165, 1.54) is 0 Å². The van der Waals surface area contributed by atoms with Crippen molar-refractivity contribution in [3.63, 3.8) is 0 Å². The Morgan fingerprint density at radius 3 is 2.68 bits per heavy atom. The molecule has 0 aliphatic rings. The van der Waals surface area contributed by atoms with Gasteiger partial charge in [0.05, 0.1) is 10.4 Å². The van der Waals surface area contributed by atoms with Gasteiger partial charge in [-0.3, -0.25) is 4.79 Å². The molecular formula is C14H8BrClN2O. The van der Waals surface area contributed by atoms with Crippen molar-refractivity contribution in [3.05, 3.63) is 62.3 Å². The molecule has 94 valence electrons. The molecule has 3 nitrogen and oxygen atoms in total. The van der Waals surface area contributed by atoms with E-state index in [1.54, 1.807) is 6.07 Å². The zero-order chi connectivity index (χ0) is 13.4. The topological polar surface area (TPSA) is 45.8 Å². The first-order valence-corrected chi connectivity index (χ1v) is 6.77. The summed E-state index contributed by atoms with van der Waals surface area (Å²) in [6.45, 7) is 0. The van der Waals surface area contributed by atoms with Gasteiger partial charge in [0, 0.05) is 15.4 Å². The number of benzene rings is 2. The standard InChI is InChI=1S/C14H8BrClN2O/c15-10-6-3-5-9-12(10)14(19)18-17-13(9)8-4-1-2-7-11(8)16/h1-7H,(H,18,19). The summed E-state index contributed by atoms with van der Waals surface area (Å²) < 4.78 is 0.738. The predicted octanol–water partition coefficient (Wildman–Crippen LogP) is 4.01. The fourth-order valence-electron chi connectivity index (χ4n) is 2.03. The zero-order valence-electron chi connectivity index (χ0n) is 9.65. The van der Waals surface area contributed by atoms with Gasteiger partial charge in [0.2, 0.25) is 0 Å². The summed E-state index contributed by atoms with van der Waals surface area (Å²) in [6, 6.07) is 13.0. The molecule has 19 heavy (non-hydrogen) atoms. The third-order valence-electron chi connectivity index (χ3n) is 2.89. The number of hydrogen-bond acceptors (Lipinski definition) is 2. The first-order valence-electron chi connectivity index (χ1n) is 5.60. The number of nitrogens with one attached hydrogen (secondary N) is 1. The molecule has 1 heterocycles. The number of aromatic amines is 1. The van der Waals surface area contributed by atoms with E-state index >= 15 is 0 Å². The van der Waals surface area contributed by atoms with Crippen molar-refractivity contribution in [2.24, 2.45) is 0 Å². The van der Waals surface area contributed by atoms with Gasteiger partial charge in [-0.2, -0.15) is 5.10 Å². The molecule has 0 unspecified atom stereocenters. The van der Waals surface area contributed by atoms with Crippen molar-refractivity contribution in [2.75, 3.05) is 0 Å². The van der Waals surface area contributed by atoms with Crippen molar-refractivity contribution < 1.29 is 0 Å². The van der Waals surface area contributed by atoms with Gasteiger partial charge in [-0.15, -0.1) is 0 Å². The molecule has 5 heteroatoms. The number of fused-ring (bicyclic) bond motifs is 1. The quantitative estimate of drug-likeness (QED) is 0.730. The van der Waals surface area contributed by atoms with Gasteiger partial charge in [-0.25, -0.2) is 5.10 Å². The van der Waals surface area contributed by atoms with E-state index in [0.717, 1.165) is 15.4 Å². The van der Waals surface area contributed by atoms with Gasteiger partial charge in [0.15, 0.2) is 0 Å². The molecule has 1 aromatic heterocycles. The molecule has 1 N–H and O–H groups in total. The van der Waals surface area contributed by atoms with Gasteiger partial charge in [-0.05, 0) is 28.1 Å². The fraction of sp³-hybridized carbons (Fsp3) is 0. The Hall–Kier alpha value is -1.65. The molecule has 0 bridgehead atoms. The van der Waals surface area contributed by atoms with Crippen LogP contribution in [0, 0.1) is 0 Å². The Kier molecular flexibility index (Phi) is 3.12. The zero-order valence-corrected chi connectivity index (χ0v) is 12.0. The second kappa shape index (κ2) is 4.79. The number of rotatable bonds is 1. The van der Waals surface area contributed by atoms with Crippen LogP contribution in [-0.4, -0.2) is 10.2 Å². The second-order valence-electron chi connectivity index (χ2n) is 4.04. The first kappa shape index (κ1) is 12.4. The maximum atomic E-state index is 11.9. The molecule has 2 aromatic carbocycles. The SMILES string of the molecule is O=c1[nH]nc(-c2ccccc2Cl)c2cccc(Br)c12. The minimum atomic E-state index is -0.224. The summed E-state index contributed by atoms with van der Waals surface area (Å²) in [5, 5.41) is 8.60. The lowest BCUT2D eigenvalue weighted by Gasteiger charge is -2.07. The van der Waals surface area contributed by atoms with Crippen LogP contribution in [0.5, 0.6) is 0 Å². The highest BCUT2D eigenvalue weighted by Gasteiger charge is 2.12. The Morgan fingerprint density at radius 1 is 1.11 bits per heavy atom. The van der Waals surface area contributed by atoms with E-state index in [2.05, 4.69) is 26.1 Å². The van der Waals surface area contributed by atoms with Crippen LogP contribution in [0.1, 0.15) is 0 Å². The fourth-order valence-corrected chi connectivity index (χ4v) is 2.81. The summed E-state index contributed by atoms with van der Waals surface area (Å²) in [5.74, 6) is 0. The van der Waals surface area contributed by atoms with Gasteiger partial charge < -0.3 is 0 Å². The van der Waals surface area contributed by atoms with E-state index in [-0.39, 0.29) is 5.56 Å². The summed E-state index contributed by atoms with van der Waals surface area (Å²) >= 11 is 9.59. The molecule has 0 spiro atoms. The third-order valence-corrected chi connectivity index (χ3v) is 3.88. The molecule has 0 aliphatic heterocycles. The highest BCUT2D eigenvalue weighted by atomic mass is 79.9. The minimum Gasteiger partial charge on any atom is -0.267 e. The molecule has 0 saturated carbocycles. The minimum absolute atomic E-state index is 0.224. The van der Waals surface area contributed by atoms with Crippen LogP contribution in [0.4, 0.5) is 0 Å². The Balaban J connectivity index is 2.45. The van der Waals surface area contributed by atoms with E-state index in [9.17, 15) is 4.79 Å². The largest absolute Gasteiger partial charge is 0.273 e. The van der Waals surface area contributed by atoms with E-state index in [1.807, 2.05) is 36.4 Å². The molecule has 0 radical (unpaired) electrons. The average molecular weight is 336 g/mol. The molecule has 0 aliphatic carbocycles. The second-order valence-corrected chi connectivity index (χ2v) is 5.31. The lowest BCUT2D eigenvalue weighted by molar-refractivity contribution is 1.02. The van der Waals surface area contributed by atoms with Crippen LogP contribution in [0.2, 0.25) is 5.02 Å². The van der Waals surface area contributed by atoms with Crippen LogP contribution in [-0.2, 0) is 0 Å². The van der Waals surface area contributed by atoms with Crippen LogP contribution < -0.4 is 5.56 Å². The lowest BCUT2D eigenvalue weighted by Crippen LogP contribution is -2.10. The first-order chi connectivity index (χ1) is 9.18. The van der Waals surface area contributed by atoms with Gasteiger partial charge in [-0.1, -0.05) is 41.9 Å². The van der Waals surface area contributed by atoms with Gasteiger partial charge >= 0.3 is 0 Å². The molecule has 0 atom stereocenters. The Labute approximate surface area is 122 Å². The normalized spacial score (nSPS) is 10.8. The Morgan fingerprint density at radius 2 is 1.89 bits per heavy atom. The molecule has 0 amide bonds. The summed E-state index contributed by atoms with van der Waals surface area (Å²) in [7, 11) is 0. The number of H-pyrrole nitrogens is 1. The number of aromatic nitrogens is 2. The number of nitrogens with zero attached hydrogens (tertiary/aromatic N) is 1.